The second-order valence-corrected chi connectivity index (χ2v) is 6.84. The quantitative estimate of drug-likeness (QED) is 0.620. The maximum Gasteiger partial charge on any atom is 0.257 e. The fraction of sp³-hybridized carbons (Fsp3) is 0.333. The Labute approximate surface area is 180 Å². The average Bonchev–Trinajstić information content (AvgIpc) is 3.11. The van der Waals surface area contributed by atoms with Gasteiger partial charge in [-0.2, -0.15) is 5.10 Å². The number of hydrogen-bond acceptors (Lipinski definition) is 5. The van der Waals surface area contributed by atoms with E-state index in [1.165, 1.54) is 22.8 Å². The van der Waals surface area contributed by atoms with Crippen LogP contribution in [0.1, 0.15) is 42.2 Å². The second-order valence-electron chi connectivity index (χ2n) is 6.84. The number of ether oxygens (including phenoxy) is 1. The van der Waals surface area contributed by atoms with E-state index in [-0.39, 0.29) is 34.9 Å². The largest absolute Gasteiger partial charge is 0.490 e. The summed E-state index contributed by atoms with van der Waals surface area (Å²) >= 11 is 0. The van der Waals surface area contributed by atoms with Crippen molar-refractivity contribution in [3.8, 4) is 5.75 Å². The number of rotatable bonds is 1. The van der Waals surface area contributed by atoms with Gasteiger partial charge < -0.3 is 15.0 Å². The lowest BCUT2D eigenvalue weighted by atomic mass is 10.1. The maximum absolute atomic E-state index is 14.6. The molecule has 0 aliphatic carbocycles. The molecule has 3 heterocycles. The van der Waals surface area contributed by atoms with E-state index in [9.17, 15) is 9.18 Å². The summed E-state index contributed by atoms with van der Waals surface area (Å²) in [6.07, 6.45) is 0.795. The van der Waals surface area contributed by atoms with Crippen LogP contribution < -0.4 is 15.0 Å². The Balaban J connectivity index is 2.03. The van der Waals surface area contributed by atoms with Crippen LogP contribution in [0.25, 0.3) is 10.5 Å². The summed E-state index contributed by atoms with van der Waals surface area (Å²) in [4.78, 5) is 21.4. The number of carbonyl (C=O) groups excluding carboxylic acids is 1. The third-order valence-corrected chi connectivity index (χ3v) is 4.78. The number of nitrogens with zero attached hydrogens (tertiary/aromatic N) is 5. The standard InChI is InChI=1S/C21H21FN6O2/c1-5-27-11-14-16(7-6-15(22)19(14)23-4)30-12(2)10-24-21(29)18-13(3)26-28-9-8-17(27)25-20(18)28/h6-9,12H,5,10-11H2,1-3H3,(H,24,29)/t12-/m0/s1/i1D3,5D2. The molecule has 9 heteroatoms. The topological polar surface area (TPSA) is 76.1 Å². The molecule has 1 aliphatic rings. The lowest BCUT2D eigenvalue weighted by molar-refractivity contribution is 0.0933. The van der Waals surface area contributed by atoms with E-state index in [0.717, 1.165) is 11.0 Å². The first-order chi connectivity index (χ1) is 16.3. The molecule has 1 N–H and O–H groups in total. The Kier molecular flexibility index (Phi) is 3.65. The van der Waals surface area contributed by atoms with Crippen molar-refractivity contribution in [1.82, 2.24) is 19.9 Å². The lowest BCUT2D eigenvalue weighted by Gasteiger charge is -2.25. The number of fused-ring (bicyclic) bond motifs is 2. The van der Waals surface area contributed by atoms with Gasteiger partial charge in [0.1, 0.15) is 29.1 Å². The van der Waals surface area contributed by atoms with Crippen LogP contribution in [-0.4, -0.2) is 39.7 Å². The highest BCUT2D eigenvalue weighted by Gasteiger charge is 2.24. The fourth-order valence-electron chi connectivity index (χ4n) is 3.34. The van der Waals surface area contributed by atoms with E-state index in [1.54, 1.807) is 13.8 Å². The van der Waals surface area contributed by atoms with Gasteiger partial charge in [0.15, 0.2) is 5.65 Å². The Morgan fingerprint density at radius 2 is 2.33 bits per heavy atom. The van der Waals surface area contributed by atoms with Crippen LogP contribution in [-0.2, 0) is 6.54 Å². The van der Waals surface area contributed by atoms with Crippen LogP contribution in [0.4, 0.5) is 15.9 Å². The monoisotopic (exact) mass is 413 g/mol. The molecule has 2 aromatic heterocycles. The average molecular weight is 413 g/mol. The smallest absolute Gasteiger partial charge is 0.257 e. The van der Waals surface area contributed by atoms with Crippen molar-refractivity contribution >= 4 is 23.1 Å². The van der Waals surface area contributed by atoms with Gasteiger partial charge in [-0.15, -0.1) is 0 Å². The molecule has 3 aromatic rings. The summed E-state index contributed by atoms with van der Waals surface area (Å²) in [7, 11) is 0. The van der Waals surface area contributed by atoms with Crippen LogP contribution in [0.5, 0.6) is 5.75 Å². The minimum absolute atomic E-state index is 0.0443. The number of amides is 1. The molecule has 1 aliphatic heterocycles. The zero-order chi connectivity index (χ0) is 25.7. The maximum atomic E-state index is 14.6. The molecule has 0 saturated carbocycles. The number of anilines is 1. The summed E-state index contributed by atoms with van der Waals surface area (Å²) < 4.78 is 62.2. The van der Waals surface area contributed by atoms with Crippen LogP contribution >= 0.6 is 0 Å². The summed E-state index contributed by atoms with van der Waals surface area (Å²) in [5, 5.41) is 6.99. The van der Waals surface area contributed by atoms with Gasteiger partial charge in [-0.05, 0) is 38.9 Å². The molecule has 0 saturated heterocycles. The summed E-state index contributed by atoms with van der Waals surface area (Å²) in [5.41, 5.74) is 0.111. The van der Waals surface area contributed by atoms with Gasteiger partial charge in [0, 0.05) is 31.7 Å². The van der Waals surface area contributed by atoms with Gasteiger partial charge in [-0.25, -0.2) is 18.7 Å². The van der Waals surface area contributed by atoms with Crippen molar-refractivity contribution < 1.29 is 20.8 Å². The Morgan fingerprint density at radius 3 is 3.10 bits per heavy atom. The molecule has 1 atom stereocenters. The Hall–Kier alpha value is -3.67. The number of aryl methyl sites for hydroxylation is 1. The third-order valence-electron chi connectivity index (χ3n) is 4.78. The van der Waals surface area contributed by atoms with E-state index in [2.05, 4.69) is 20.2 Å². The van der Waals surface area contributed by atoms with Crippen molar-refractivity contribution in [1.29, 1.82) is 0 Å². The van der Waals surface area contributed by atoms with Gasteiger partial charge in [-0.3, -0.25) is 4.79 Å². The van der Waals surface area contributed by atoms with Crippen molar-refractivity contribution in [3.63, 3.8) is 0 Å². The van der Waals surface area contributed by atoms with Crippen LogP contribution in [0, 0.1) is 19.3 Å². The first-order valence-electron chi connectivity index (χ1n) is 11.6. The van der Waals surface area contributed by atoms with Gasteiger partial charge in [0.2, 0.25) is 5.69 Å². The van der Waals surface area contributed by atoms with Gasteiger partial charge in [0.05, 0.1) is 18.8 Å². The molecule has 0 radical (unpaired) electrons. The molecule has 2 bridgehead atoms. The van der Waals surface area contributed by atoms with Crippen LogP contribution in [0.2, 0.25) is 0 Å². The van der Waals surface area contributed by atoms with E-state index in [0.29, 0.717) is 5.69 Å². The summed E-state index contributed by atoms with van der Waals surface area (Å²) in [6, 6.07) is 3.67. The highest BCUT2D eigenvalue weighted by molar-refractivity contribution is 6.01. The number of halogens is 1. The van der Waals surface area contributed by atoms with Gasteiger partial charge in [-0.1, -0.05) is 0 Å². The van der Waals surface area contributed by atoms with E-state index >= 15 is 0 Å². The van der Waals surface area contributed by atoms with E-state index in [1.807, 2.05) is 0 Å². The highest BCUT2D eigenvalue weighted by Crippen LogP contribution is 2.34. The van der Waals surface area contributed by atoms with Crippen LogP contribution in [0.15, 0.2) is 24.4 Å². The molecule has 0 spiro atoms. The zero-order valence-corrected chi connectivity index (χ0v) is 16.2. The predicted molar refractivity (Wildman–Crippen MR) is 110 cm³/mol. The Bertz CT molecular complexity index is 1370. The number of carbonyl (C=O) groups is 1. The van der Waals surface area contributed by atoms with Gasteiger partial charge in [0.25, 0.3) is 5.91 Å². The zero-order valence-electron chi connectivity index (χ0n) is 21.2. The summed E-state index contributed by atoms with van der Waals surface area (Å²) in [5.74, 6) is -1.45. The second kappa shape index (κ2) is 7.63. The number of aromatic nitrogens is 3. The number of hydrogen-bond donors (Lipinski definition) is 1. The highest BCUT2D eigenvalue weighted by atomic mass is 19.1. The summed E-state index contributed by atoms with van der Waals surface area (Å²) in [6.45, 7) is 4.11. The first-order valence-corrected chi connectivity index (χ1v) is 9.12. The molecule has 154 valence electrons. The Morgan fingerprint density at radius 1 is 1.50 bits per heavy atom. The SMILES string of the molecule is [2H]C([2H])([2H])C([2H])([2H])N1Cc2c(ccc(F)c2[N+]#[C-])O[C@@H](C)CNC(=O)c2c(C)nn3ccc1nc23. The molecule has 0 fully saturated rings. The molecule has 8 nitrogen and oxygen atoms in total. The lowest BCUT2D eigenvalue weighted by Crippen LogP contribution is -2.34. The van der Waals surface area contributed by atoms with Crippen LogP contribution in [0.3, 0.4) is 0 Å². The minimum atomic E-state index is -3.15. The number of nitrogens with one attached hydrogen (secondary N) is 1. The predicted octanol–water partition coefficient (Wildman–Crippen LogP) is 3.26. The molecule has 4 rings (SSSR count). The molecule has 30 heavy (non-hydrogen) atoms. The van der Waals surface area contributed by atoms with Crippen molar-refractivity contribution in [3.05, 3.63) is 58.5 Å². The normalized spacial score (nSPS) is 20.1. The minimum Gasteiger partial charge on any atom is -0.490 e. The van der Waals surface area contributed by atoms with Crippen molar-refractivity contribution in [2.24, 2.45) is 0 Å². The van der Waals surface area contributed by atoms with E-state index < -0.39 is 43.4 Å². The molecule has 1 aromatic carbocycles. The van der Waals surface area contributed by atoms with E-state index in [4.69, 9.17) is 18.2 Å². The first kappa shape index (κ1) is 14.3. The molecular formula is C21H21FN6O2. The molecule has 1 amide bonds. The van der Waals surface area contributed by atoms with Gasteiger partial charge >= 0.3 is 0 Å². The molecular weight excluding hydrogens is 387 g/mol. The molecule has 0 unspecified atom stereocenters. The number of benzene rings is 1. The fourth-order valence-corrected chi connectivity index (χ4v) is 3.34. The third kappa shape index (κ3) is 3.30. The van der Waals surface area contributed by atoms with Crippen molar-refractivity contribution in [2.75, 3.05) is 17.9 Å². The van der Waals surface area contributed by atoms with Crippen molar-refractivity contribution in [2.45, 2.75) is 33.3 Å².